The van der Waals surface area contributed by atoms with Crippen molar-refractivity contribution in [3.63, 3.8) is 0 Å². The standard InChI is InChI=1S/C13H13NO4S/c15-11(16)6-7-3-4-19-10-2-1-9-12(8(10)5-7)18-13(17)14-9/h1-2,7H,3-6H2,(H,14,17)(H,15,16). The van der Waals surface area contributed by atoms with Crippen LogP contribution >= 0.6 is 11.8 Å². The lowest BCUT2D eigenvalue weighted by Gasteiger charge is -2.11. The fourth-order valence-electron chi connectivity index (χ4n) is 2.53. The number of fused-ring (bicyclic) bond motifs is 3. The third-order valence-electron chi connectivity index (χ3n) is 3.39. The van der Waals surface area contributed by atoms with Gasteiger partial charge in [-0.25, -0.2) is 4.79 Å². The van der Waals surface area contributed by atoms with Gasteiger partial charge in [0.2, 0.25) is 0 Å². The van der Waals surface area contributed by atoms with Crippen LogP contribution in [-0.2, 0) is 11.2 Å². The van der Waals surface area contributed by atoms with E-state index >= 15 is 0 Å². The molecule has 0 fully saturated rings. The van der Waals surface area contributed by atoms with Gasteiger partial charge in [0.25, 0.3) is 0 Å². The Morgan fingerprint density at radius 3 is 3.16 bits per heavy atom. The second kappa shape index (κ2) is 4.77. The molecule has 1 aliphatic heterocycles. The summed E-state index contributed by atoms with van der Waals surface area (Å²) in [6.07, 6.45) is 1.67. The summed E-state index contributed by atoms with van der Waals surface area (Å²) in [5.74, 6) is -0.254. The van der Waals surface area contributed by atoms with E-state index in [9.17, 15) is 9.59 Å². The van der Waals surface area contributed by atoms with E-state index in [1.54, 1.807) is 11.8 Å². The van der Waals surface area contributed by atoms with Gasteiger partial charge in [-0.05, 0) is 36.6 Å². The Hall–Kier alpha value is -1.69. The Morgan fingerprint density at radius 2 is 2.37 bits per heavy atom. The van der Waals surface area contributed by atoms with Crippen molar-refractivity contribution in [3.8, 4) is 0 Å². The zero-order valence-electron chi connectivity index (χ0n) is 10.1. The summed E-state index contributed by atoms with van der Waals surface area (Å²) >= 11 is 1.70. The molecular formula is C13H13NO4S. The van der Waals surface area contributed by atoms with E-state index in [1.807, 2.05) is 12.1 Å². The Kier molecular flexibility index (Phi) is 3.10. The summed E-state index contributed by atoms with van der Waals surface area (Å²) in [5, 5.41) is 8.94. The summed E-state index contributed by atoms with van der Waals surface area (Å²) in [5.41, 5.74) is 2.22. The van der Waals surface area contributed by atoms with E-state index < -0.39 is 11.7 Å². The number of thioether (sulfide) groups is 1. The number of rotatable bonds is 2. The summed E-state index contributed by atoms with van der Waals surface area (Å²) in [4.78, 5) is 25.9. The number of carbonyl (C=O) groups is 1. The molecule has 2 aromatic rings. The number of nitrogens with one attached hydrogen (secondary N) is 1. The van der Waals surface area contributed by atoms with Crippen LogP contribution in [0.2, 0.25) is 0 Å². The molecule has 0 bridgehead atoms. The lowest BCUT2D eigenvalue weighted by atomic mass is 9.93. The SMILES string of the molecule is O=C(O)CC1CCSc2ccc3[nH]c(=O)oc3c2C1. The van der Waals surface area contributed by atoms with Crippen molar-refractivity contribution >= 4 is 28.8 Å². The molecule has 1 atom stereocenters. The molecule has 1 aromatic carbocycles. The molecule has 100 valence electrons. The molecule has 0 aliphatic carbocycles. The zero-order chi connectivity index (χ0) is 13.4. The van der Waals surface area contributed by atoms with E-state index in [2.05, 4.69) is 4.98 Å². The summed E-state index contributed by atoms with van der Waals surface area (Å²) in [6.45, 7) is 0. The maximum atomic E-state index is 11.3. The molecule has 1 aromatic heterocycles. The Labute approximate surface area is 113 Å². The van der Waals surface area contributed by atoms with Gasteiger partial charge in [-0.2, -0.15) is 0 Å². The highest BCUT2D eigenvalue weighted by Gasteiger charge is 2.23. The van der Waals surface area contributed by atoms with Crippen molar-refractivity contribution in [3.05, 3.63) is 28.2 Å². The predicted molar refractivity (Wildman–Crippen MR) is 71.6 cm³/mol. The summed E-state index contributed by atoms with van der Waals surface area (Å²) < 4.78 is 5.20. The first kappa shape index (κ1) is 12.3. The topological polar surface area (TPSA) is 83.3 Å². The van der Waals surface area contributed by atoms with Crippen LogP contribution in [0.1, 0.15) is 18.4 Å². The monoisotopic (exact) mass is 279 g/mol. The number of aliphatic carboxylic acids is 1. The van der Waals surface area contributed by atoms with Gasteiger partial charge in [-0.15, -0.1) is 11.8 Å². The van der Waals surface area contributed by atoms with E-state index in [0.29, 0.717) is 17.5 Å². The third-order valence-corrected chi connectivity index (χ3v) is 4.52. The molecule has 1 aliphatic rings. The van der Waals surface area contributed by atoms with Crippen molar-refractivity contribution in [1.29, 1.82) is 0 Å². The fraction of sp³-hybridized carbons (Fsp3) is 0.385. The van der Waals surface area contributed by atoms with E-state index in [0.717, 1.165) is 22.6 Å². The summed E-state index contributed by atoms with van der Waals surface area (Å²) in [6, 6.07) is 3.81. The third kappa shape index (κ3) is 2.40. The van der Waals surface area contributed by atoms with Crippen LogP contribution in [0.15, 0.2) is 26.2 Å². The van der Waals surface area contributed by atoms with Crippen LogP contribution in [0.5, 0.6) is 0 Å². The van der Waals surface area contributed by atoms with Gasteiger partial charge in [0.15, 0.2) is 5.58 Å². The van der Waals surface area contributed by atoms with E-state index in [-0.39, 0.29) is 12.3 Å². The maximum absolute atomic E-state index is 11.3. The van der Waals surface area contributed by atoms with Gasteiger partial charge in [-0.1, -0.05) is 0 Å². The molecule has 5 nitrogen and oxygen atoms in total. The number of aromatic amines is 1. The number of oxazole rings is 1. The fourth-order valence-corrected chi connectivity index (χ4v) is 3.71. The first-order valence-corrected chi connectivity index (χ1v) is 7.11. The molecule has 0 amide bonds. The molecule has 6 heteroatoms. The average Bonchev–Trinajstić information content (AvgIpc) is 2.59. The summed E-state index contributed by atoms with van der Waals surface area (Å²) in [7, 11) is 0. The van der Waals surface area contributed by atoms with Crippen molar-refractivity contribution < 1.29 is 14.3 Å². The average molecular weight is 279 g/mol. The molecule has 19 heavy (non-hydrogen) atoms. The van der Waals surface area contributed by atoms with Gasteiger partial charge in [-0.3, -0.25) is 9.78 Å². The molecule has 2 N–H and O–H groups in total. The Balaban J connectivity index is 2.06. The lowest BCUT2D eigenvalue weighted by Crippen LogP contribution is -2.10. The number of carboxylic acid groups (broad SMARTS) is 1. The largest absolute Gasteiger partial charge is 0.481 e. The van der Waals surface area contributed by atoms with Crippen molar-refractivity contribution in [2.45, 2.75) is 24.2 Å². The van der Waals surface area contributed by atoms with Gasteiger partial charge in [0.05, 0.1) is 5.52 Å². The van der Waals surface area contributed by atoms with Crippen LogP contribution in [0.25, 0.3) is 11.1 Å². The first-order valence-electron chi connectivity index (χ1n) is 6.13. The highest BCUT2D eigenvalue weighted by atomic mass is 32.2. The first-order chi connectivity index (χ1) is 9.13. The Bertz CT molecular complexity index is 687. The van der Waals surface area contributed by atoms with Gasteiger partial charge >= 0.3 is 11.7 Å². The van der Waals surface area contributed by atoms with Gasteiger partial charge in [0.1, 0.15) is 0 Å². The molecule has 3 rings (SSSR count). The van der Waals surface area contributed by atoms with Gasteiger partial charge < -0.3 is 9.52 Å². The minimum atomic E-state index is -0.777. The smallest absolute Gasteiger partial charge is 0.417 e. The van der Waals surface area contributed by atoms with E-state index in [1.165, 1.54) is 0 Å². The number of hydrogen-bond donors (Lipinski definition) is 2. The Morgan fingerprint density at radius 1 is 1.53 bits per heavy atom. The molecule has 1 unspecified atom stereocenters. The predicted octanol–water partition coefficient (Wildman–Crippen LogP) is 2.25. The number of carboxylic acids is 1. The van der Waals surface area contributed by atoms with Crippen molar-refractivity contribution in [1.82, 2.24) is 4.98 Å². The molecule has 0 saturated heterocycles. The molecule has 0 radical (unpaired) electrons. The molecule has 2 heterocycles. The van der Waals surface area contributed by atoms with Crippen molar-refractivity contribution in [2.24, 2.45) is 5.92 Å². The minimum Gasteiger partial charge on any atom is -0.481 e. The van der Waals surface area contributed by atoms with Gasteiger partial charge in [0, 0.05) is 16.9 Å². The number of aromatic nitrogens is 1. The van der Waals surface area contributed by atoms with Crippen LogP contribution in [-0.4, -0.2) is 21.8 Å². The highest BCUT2D eigenvalue weighted by molar-refractivity contribution is 7.99. The second-order valence-corrected chi connectivity index (χ2v) is 5.88. The normalized spacial score (nSPS) is 19.1. The van der Waals surface area contributed by atoms with Crippen LogP contribution < -0.4 is 5.76 Å². The van der Waals surface area contributed by atoms with Crippen molar-refractivity contribution in [2.75, 3.05) is 5.75 Å². The molecular weight excluding hydrogens is 266 g/mol. The minimum absolute atomic E-state index is 0.0945. The lowest BCUT2D eigenvalue weighted by molar-refractivity contribution is -0.138. The number of hydrogen-bond acceptors (Lipinski definition) is 4. The maximum Gasteiger partial charge on any atom is 0.417 e. The van der Waals surface area contributed by atoms with E-state index in [4.69, 9.17) is 9.52 Å². The zero-order valence-corrected chi connectivity index (χ0v) is 11.0. The van der Waals surface area contributed by atoms with Crippen LogP contribution in [0, 0.1) is 5.92 Å². The quantitative estimate of drug-likeness (QED) is 0.881. The number of benzene rings is 1. The molecule has 0 saturated carbocycles. The number of H-pyrrole nitrogens is 1. The molecule has 0 spiro atoms. The van der Waals surface area contributed by atoms with Crippen LogP contribution in [0.3, 0.4) is 0 Å². The highest BCUT2D eigenvalue weighted by Crippen LogP contribution is 2.36. The second-order valence-electron chi connectivity index (χ2n) is 4.74. The van der Waals surface area contributed by atoms with Crippen LogP contribution in [0.4, 0.5) is 0 Å².